The van der Waals surface area contributed by atoms with Gasteiger partial charge in [-0.15, -0.1) is 0 Å². The lowest BCUT2D eigenvalue weighted by atomic mass is 10.2. The molecule has 3 rings (SSSR count). The third kappa shape index (κ3) is 2.90. The van der Waals surface area contributed by atoms with Gasteiger partial charge in [-0.1, -0.05) is 5.16 Å². The molecule has 0 aliphatic carbocycles. The van der Waals surface area contributed by atoms with E-state index in [2.05, 4.69) is 25.4 Å². The number of aromatic nitrogens is 4. The molecule has 2 N–H and O–H groups in total. The zero-order chi connectivity index (χ0) is 15.4. The van der Waals surface area contributed by atoms with Gasteiger partial charge >= 0.3 is 0 Å². The fourth-order valence-corrected chi connectivity index (χ4v) is 1.80. The summed E-state index contributed by atoms with van der Waals surface area (Å²) >= 11 is 0. The highest BCUT2D eigenvalue weighted by Crippen LogP contribution is 2.13. The van der Waals surface area contributed by atoms with E-state index < -0.39 is 11.5 Å². The number of carbonyl (C=O) groups is 1. The summed E-state index contributed by atoms with van der Waals surface area (Å²) in [7, 11) is 0. The molecule has 3 heterocycles. The molecule has 8 heteroatoms. The molecule has 0 aliphatic rings. The van der Waals surface area contributed by atoms with Gasteiger partial charge < -0.3 is 14.8 Å². The van der Waals surface area contributed by atoms with Crippen LogP contribution in [0.15, 0.2) is 52.2 Å². The number of carbonyl (C=O) groups excluding carboxylic acids is 1. The molecule has 0 radical (unpaired) electrons. The van der Waals surface area contributed by atoms with Gasteiger partial charge in [-0.3, -0.25) is 14.6 Å². The Kier molecular flexibility index (Phi) is 3.73. The van der Waals surface area contributed by atoms with Gasteiger partial charge in [0.25, 0.3) is 11.5 Å². The van der Waals surface area contributed by atoms with Gasteiger partial charge in [0.05, 0.1) is 6.54 Å². The van der Waals surface area contributed by atoms with Crippen LogP contribution in [0.3, 0.4) is 0 Å². The second kappa shape index (κ2) is 6.00. The van der Waals surface area contributed by atoms with Gasteiger partial charge in [-0.05, 0) is 24.3 Å². The second-order valence-corrected chi connectivity index (χ2v) is 4.34. The van der Waals surface area contributed by atoms with E-state index >= 15 is 0 Å². The van der Waals surface area contributed by atoms with Crippen LogP contribution in [-0.4, -0.2) is 26.0 Å². The first-order chi connectivity index (χ1) is 10.7. The molecule has 1 amide bonds. The van der Waals surface area contributed by atoms with E-state index in [4.69, 9.17) is 4.52 Å². The minimum atomic E-state index is -0.509. The van der Waals surface area contributed by atoms with E-state index in [1.54, 1.807) is 30.6 Å². The number of rotatable bonds is 4. The molecular weight excluding hydrogens is 286 g/mol. The summed E-state index contributed by atoms with van der Waals surface area (Å²) < 4.78 is 5.05. The number of nitrogens with one attached hydrogen (secondary N) is 2. The van der Waals surface area contributed by atoms with Crippen molar-refractivity contribution >= 4 is 5.91 Å². The molecule has 110 valence electrons. The van der Waals surface area contributed by atoms with E-state index in [9.17, 15) is 9.59 Å². The highest BCUT2D eigenvalue weighted by Gasteiger charge is 2.12. The van der Waals surface area contributed by atoms with Crippen molar-refractivity contribution in [2.24, 2.45) is 0 Å². The Morgan fingerprint density at radius 3 is 2.86 bits per heavy atom. The second-order valence-electron chi connectivity index (χ2n) is 4.34. The Labute approximate surface area is 124 Å². The van der Waals surface area contributed by atoms with Gasteiger partial charge in [0.1, 0.15) is 5.56 Å². The van der Waals surface area contributed by atoms with Crippen molar-refractivity contribution in [3.05, 3.63) is 64.7 Å². The summed E-state index contributed by atoms with van der Waals surface area (Å²) in [5.74, 6) is 0.141. The predicted molar refractivity (Wildman–Crippen MR) is 75.8 cm³/mol. The summed E-state index contributed by atoms with van der Waals surface area (Å²) in [6.45, 7) is 0.0330. The van der Waals surface area contributed by atoms with E-state index in [0.717, 1.165) is 5.56 Å². The molecular formula is C14H11N5O3. The average molecular weight is 297 g/mol. The number of hydrogen-bond acceptors (Lipinski definition) is 6. The average Bonchev–Trinajstić information content (AvgIpc) is 3.03. The Hall–Kier alpha value is -3.29. The van der Waals surface area contributed by atoms with E-state index in [0.29, 0.717) is 5.82 Å². The molecule has 0 unspecified atom stereocenters. The quantitative estimate of drug-likeness (QED) is 0.734. The first kappa shape index (κ1) is 13.7. The zero-order valence-corrected chi connectivity index (χ0v) is 11.3. The Morgan fingerprint density at radius 2 is 2.09 bits per heavy atom. The maximum atomic E-state index is 11.9. The van der Waals surface area contributed by atoms with Crippen LogP contribution >= 0.6 is 0 Å². The van der Waals surface area contributed by atoms with Crippen molar-refractivity contribution in [3.63, 3.8) is 0 Å². The molecule has 0 aromatic carbocycles. The van der Waals surface area contributed by atoms with Crippen LogP contribution in [0.25, 0.3) is 11.4 Å². The van der Waals surface area contributed by atoms with Crippen molar-refractivity contribution in [2.45, 2.75) is 6.54 Å². The summed E-state index contributed by atoms with van der Waals surface area (Å²) in [5, 5.41) is 6.37. The standard InChI is InChI=1S/C14H11N5O3/c20-13-10(2-1-5-16-13)14(21)17-8-11-18-12(19-22-11)9-3-6-15-7-4-9/h1-7H,8H2,(H,16,20)(H,17,21). The van der Waals surface area contributed by atoms with Crippen LogP contribution in [0.1, 0.15) is 16.2 Å². The van der Waals surface area contributed by atoms with Crippen molar-refractivity contribution in [3.8, 4) is 11.4 Å². The van der Waals surface area contributed by atoms with Gasteiger partial charge in [0.2, 0.25) is 11.7 Å². The van der Waals surface area contributed by atoms with Crippen LogP contribution in [0.4, 0.5) is 0 Å². The number of hydrogen-bond donors (Lipinski definition) is 2. The minimum Gasteiger partial charge on any atom is -0.343 e. The number of H-pyrrole nitrogens is 1. The molecule has 0 fully saturated rings. The van der Waals surface area contributed by atoms with Crippen molar-refractivity contribution < 1.29 is 9.32 Å². The molecule has 0 saturated heterocycles. The normalized spacial score (nSPS) is 10.4. The van der Waals surface area contributed by atoms with E-state index in [1.807, 2.05) is 0 Å². The maximum absolute atomic E-state index is 11.9. The zero-order valence-electron chi connectivity index (χ0n) is 11.3. The first-order valence-electron chi connectivity index (χ1n) is 6.43. The molecule has 8 nitrogen and oxygen atoms in total. The van der Waals surface area contributed by atoms with Gasteiger partial charge in [0, 0.05) is 24.2 Å². The van der Waals surface area contributed by atoms with Crippen molar-refractivity contribution in [1.29, 1.82) is 0 Å². The molecule has 3 aromatic rings. The van der Waals surface area contributed by atoms with Gasteiger partial charge in [0.15, 0.2) is 0 Å². The lowest BCUT2D eigenvalue weighted by molar-refractivity contribution is 0.0944. The van der Waals surface area contributed by atoms with Crippen LogP contribution in [-0.2, 0) is 6.54 Å². The number of pyridine rings is 2. The fraction of sp³-hybridized carbons (Fsp3) is 0.0714. The lowest BCUT2D eigenvalue weighted by Gasteiger charge is -2.00. The molecule has 0 atom stereocenters. The number of amides is 1. The smallest absolute Gasteiger partial charge is 0.260 e. The highest BCUT2D eigenvalue weighted by molar-refractivity contribution is 5.93. The van der Waals surface area contributed by atoms with Crippen LogP contribution in [0, 0.1) is 0 Å². The Morgan fingerprint density at radius 1 is 1.27 bits per heavy atom. The molecule has 0 bridgehead atoms. The summed E-state index contributed by atoms with van der Waals surface area (Å²) in [6, 6.07) is 6.50. The van der Waals surface area contributed by atoms with Crippen LogP contribution < -0.4 is 10.9 Å². The van der Waals surface area contributed by atoms with Crippen LogP contribution in [0.2, 0.25) is 0 Å². The summed E-state index contributed by atoms with van der Waals surface area (Å²) in [5.41, 5.74) is 0.329. The maximum Gasteiger partial charge on any atom is 0.260 e. The van der Waals surface area contributed by atoms with Crippen LogP contribution in [0.5, 0.6) is 0 Å². The molecule has 3 aromatic heterocycles. The molecule has 0 aliphatic heterocycles. The summed E-state index contributed by atoms with van der Waals surface area (Å²) in [6.07, 6.45) is 4.70. The molecule has 0 saturated carbocycles. The SMILES string of the molecule is O=C(NCc1nc(-c2ccncc2)no1)c1ccc[nH]c1=O. The topological polar surface area (TPSA) is 114 Å². The Balaban J connectivity index is 1.68. The highest BCUT2D eigenvalue weighted by atomic mass is 16.5. The van der Waals surface area contributed by atoms with E-state index in [-0.39, 0.29) is 18.0 Å². The Bertz CT molecular complexity index is 841. The van der Waals surface area contributed by atoms with Crippen molar-refractivity contribution in [2.75, 3.05) is 0 Å². The van der Waals surface area contributed by atoms with Gasteiger partial charge in [-0.2, -0.15) is 4.98 Å². The van der Waals surface area contributed by atoms with Crippen molar-refractivity contribution in [1.82, 2.24) is 25.4 Å². The minimum absolute atomic E-state index is 0.0244. The fourth-order valence-electron chi connectivity index (χ4n) is 1.80. The number of aromatic amines is 1. The largest absolute Gasteiger partial charge is 0.343 e. The third-order valence-electron chi connectivity index (χ3n) is 2.87. The van der Waals surface area contributed by atoms with E-state index in [1.165, 1.54) is 12.3 Å². The lowest BCUT2D eigenvalue weighted by Crippen LogP contribution is -2.28. The third-order valence-corrected chi connectivity index (χ3v) is 2.87. The molecule has 0 spiro atoms. The molecule has 22 heavy (non-hydrogen) atoms. The first-order valence-corrected chi connectivity index (χ1v) is 6.43. The monoisotopic (exact) mass is 297 g/mol. The predicted octanol–water partition coefficient (Wildman–Crippen LogP) is 0.750. The number of nitrogens with zero attached hydrogens (tertiary/aromatic N) is 3. The van der Waals surface area contributed by atoms with Gasteiger partial charge in [-0.25, -0.2) is 0 Å². The summed E-state index contributed by atoms with van der Waals surface area (Å²) in [4.78, 5) is 33.9.